The molecule has 1 aliphatic rings. The minimum atomic E-state index is -1.06. The summed E-state index contributed by atoms with van der Waals surface area (Å²) in [6.07, 6.45) is 0. The first kappa shape index (κ1) is 22.8. The van der Waals surface area contributed by atoms with Crippen molar-refractivity contribution in [2.24, 2.45) is 0 Å². The molecule has 0 saturated carbocycles. The average molecular weight is 424 g/mol. The predicted octanol–water partition coefficient (Wildman–Crippen LogP) is 4.24. The third kappa shape index (κ3) is 4.90. The number of nitrogens with zero attached hydrogens (tertiary/aromatic N) is 2. The fraction of sp³-hybridized carbons (Fsp3) is 0.440. The van der Waals surface area contributed by atoms with Crippen LogP contribution in [-0.4, -0.2) is 42.1 Å². The molecule has 0 spiro atoms. The Balaban J connectivity index is 1.69. The number of rotatable bonds is 7. The van der Waals surface area contributed by atoms with Gasteiger partial charge in [0.05, 0.1) is 13.3 Å². The van der Waals surface area contributed by atoms with E-state index >= 15 is 0 Å². The van der Waals surface area contributed by atoms with Crippen molar-refractivity contribution in [1.29, 1.82) is 0 Å². The number of amides is 3. The van der Waals surface area contributed by atoms with Crippen LogP contribution < -0.4 is 10.1 Å². The van der Waals surface area contributed by atoms with Gasteiger partial charge in [0, 0.05) is 6.54 Å². The molecule has 0 bridgehead atoms. The number of nitrogens with one attached hydrogen (secondary N) is 1. The molecule has 3 rings (SSSR count). The number of hydrogen-bond donors (Lipinski definition) is 1. The Labute approximate surface area is 185 Å². The van der Waals surface area contributed by atoms with Gasteiger partial charge in [0.25, 0.3) is 5.91 Å². The van der Waals surface area contributed by atoms with Gasteiger partial charge in [-0.15, -0.1) is 0 Å². The lowest BCUT2D eigenvalue weighted by Gasteiger charge is -2.26. The third-order valence-electron chi connectivity index (χ3n) is 5.67. The minimum absolute atomic E-state index is 0.0258. The zero-order valence-corrected chi connectivity index (χ0v) is 19.4. The number of carbonyl (C=O) groups is 2. The van der Waals surface area contributed by atoms with Gasteiger partial charge in [0.15, 0.2) is 0 Å². The summed E-state index contributed by atoms with van der Waals surface area (Å²) in [4.78, 5) is 29.1. The Morgan fingerprint density at radius 2 is 1.65 bits per heavy atom. The molecule has 1 N–H and O–H groups in total. The van der Waals surface area contributed by atoms with Crippen LogP contribution >= 0.6 is 0 Å². The highest BCUT2D eigenvalue weighted by Gasteiger charge is 2.49. The van der Waals surface area contributed by atoms with Gasteiger partial charge in [-0.1, -0.05) is 57.2 Å². The second-order valence-electron chi connectivity index (χ2n) is 9.35. The highest BCUT2D eigenvalue weighted by molar-refractivity contribution is 6.07. The fourth-order valence-electron chi connectivity index (χ4n) is 3.79. The van der Waals surface area contributed by atoms with Crippen molar-refractivity contribution in [1.82, 2.24) is 15.1 Å². The summed E-state index contributed by atoms with van der Waals surface area (Å²) in [7, 11) is 1.89. The van der Waals surface area contributed by atoms with E-state index in [4.69, 9.17) is 4.74 Å². The van der Waals surface area contributed by atoms with Crippen LogP contribution in [0.5, 0.6) is 5.75 Å². The van der Waals surface area contributed by atoms with Crippen LogP contribution in [-0.2, 0) is 22.3 Å². The maximum Gasteiger partial charge on any atom is 0.326 e. The average Bonchev–Trinajstić information content (AvgIpc) is 2.93. The Morgan fingerprint density at radius 3 is 2.19 bits per heavy atom. The summed E-state index contributed by atoms with van der Waals surface area (Å²) >= 11 is 0. The van der Waals surface area contributed by atoms with Crippen LogP contribution in [0.3, 0.4) is 0 Å². The molecule has 166 valence electrons. The first-order valence-electron chi connectivity index (χ1n) is 10.7. The van der Waals surface area contributed by atoms with Crippen LogP contribution in [0.4, 0.5) is 4.79 Å². The van der Waals surface area contributed by atoms with Gasteiger partial charge in [-0.2, -0.15) is 0 Å². The van der Waals surface area contributed by atoms with Gasteiger partial charge in [-0.3, -0.25) is 9.69 Å². The summed E-state index contributed by atoms with van der Waals surface area (Å²) in [6, 6.07) is 15.4. The number of urea groups is 1. The topological polar surface area (TPSA) is 61.9 Å². The van der Waals surface area contributed by atoms with Gasteiger partial charge in [-0.25, -0.2) is 9.69 Å². The van der Waals surface area contributed by atoms with Gasteiger partial charge in [0.1, 0.15) is 11.3 Å². The second-order valence-corrected chi connectivity index (χ2v) is 9.35. The SMILES string of the molecule is CCOc1ccc(CN(C)CN2C(=O)NC(C)(c3ccc(C(C)(C)C)cc3)C2=O)cc1. The molecule has 0 aromatic heterocycles. The van der Waals surface area contributed by atoms with E-state index in [1.54, 1.807) is 6.92 Å². The normalized spacial score (nSPS) is 19.1. The van der Waals surface area contributed by atoms with E-state index in [0.29, 0.717) is 13.2 Å². The van der Waals surface area contributed by atoms with Gasteiger partial charge < -0.3 is 10.1 Å². The predicted molar refractivity (Wildman–Crippen MR) is 122 cm³/mol. The lowest BCUT2D eigenvalue weighted by Crippen LogP contribution is -2.42. The first-order chi connectivity index (χ1) is 14.5. The summed E-state index contributed by atoms with van der Waals surface area (Å²) in [5.74, 6) is 0.593. The van der Waals surface area contributed by atoms with Gasteiger partial charge in [-0.05, 0) is 55.1 Å². The van der Waals surface area contributed by atoms with Crippen LogP contribution in [0.25, 0.3) is 0 Å². The van der Waals surface area contributed by atoms with Crippen LogP contribution in [0.15, 0.2) is 48.5 Å². The molecule has 3 amide bonds. The molecule has 6 heteroatoms. The molecule has 1 unspecified atom stereocenters. The number of carbonyl (C=O) groups excluding carboxylic acids is 2. The van der Waals surface area contributed by atoms with Crippen molar-refractivity contribution < 1.29 is 14.3 Å². The molecule has 1 aliphatic heterocycles. The lowest BCUT2D eigenvalue weighted by molar-refractivity contribution is -0.132. The number of benzene rings is 2. The van der Waals surface area contributed by atoms with E-state index in [1.807, 2.05) is 67.4 Å². The lowest BCUT2D eigenvalue weighted by atomic mass is 9.84. The molecule has 6 nitrogen and oxygen atoms in total. The maximum atomic E-state index is 13.2. The second kappa shape index (κ2) is 8.71. The number of imide groups is 1. The van der Waals surface area contributed by atoms with Crippen LogP contribution in [0, 0.1) is 0 Å². The Hall–Kier alpha value is -2.86. The molecule has 1 fully saturated rings. The molecule has 2 aromatic rings. The van der Waals surface area contributed by atoms with Crippen molar-refractivity contribution in [3.63, 3.8) is 0 Å². The highest BCUT2D eigenvalue weighted by atomic mass is 16.5. The quantitative estimate of drug-likeness (QED) is 0.677. The van der Waals surface area contributed by atoms with Crippen LogP contribution in [0.2, 0.25) is 0 Å². The van der Waals surface area contributed by atoms with Crippen molar-refractivity contribution in [2.45, 2.75) is 52.1 Å². The standard InChI is InChI=1S/C25H33N3O3/c1-7-31-21-14-8-18(9-15-21)16-27(6)17-28-22(29)25(5,26-23(28)30)20-12-10-19(11-13-20)24(2,3)4/h8-15H,7,16-17H2,1-6H3,(H,26,30). The molecule has 1 saturated heterocycles. The zero-order valence-electron chi connectivity index (χ0n) is 19.4. The molecule has 0 radical (unpaired) electrons. The zero-order chi connectivity index (χ0) is 22.8. The molecule has 2 aromatic carbocycles. The summed E-state index contributed by atoms with van der Waals surface area (Å²) < 4.78 is 5.47. The summed E-state index contributed by atoms with van der Waals surface area (Å²) in [5.41, 5.74) is 2.02. The monoisotopic (exact) mass is 423 g/mol. The Bertz CT molecular complexity index is 932. The molecule has 1 atom stereocenters. The van der Waals surface area contributed by atoms with Gasteiger partial charge in [0.2, 0.25) is 0 Å². The summed E-state index contributed by atoms with van der Waals surface area (Å²) in [6.45, 7) is 11.6. The van der Waals surface area contributed by atoms with Crippen molar-refractivity contribution in [3.8, 4) is 5.75 Å². The fourth-order valence-corrected chi connectivity index (χ4v) is 3.79. The molecule has 31 heavy (non-hydrogen) atoms. The van der Waals surface area contributed by atoms with Crippen molar-refractivity contribution >= 4 is 11.9 Å². The van der Waals surface area contributed by atoms with Crippen molar-refractivity contribution in [3.05, 3.63) is 65.2 Å². The van der Waals surface area contributed by atoms with E-state index in [0.717, 1.165) is 16.9 Å². The van der Waals surface area contributed by atoms with Crippen LogP contribution in [0.1, 0.15) is 51.3 Å². The van der Waals surface area contributed by atoms with E-state index in [9.17, 15) is 9.59 Å². The van der Waals surface area contributed by atoms with E-state index in [1.165, 1.54) is 10.5 Å². The molecular formula is C25H33N3O3. The van der Waals surface area contributed by atoms with Crippen molar-refractivity contribution in [2.75, 3.05) is 20.3 Å². The molecule has 0 aliphatic carbocycles. The third-order valence-corrected chi connectivity index (χ3v) is 5.67. The van der Waals surface area contributed by atoms with E-state index in [-0.39, 0.29) is 24.0 Å². The van der Waals surface area contributed by atoms with E-state index < -0.39 is 5.54 Å². The number of hydrogen-bond acceptors (Lipinski definition) is 4. The van der Waals surface area contributed by atoms with Gasteiger partial charge >= 0.3 is 6.03 Å². The van der Waals surface area contributed by atoms with E-state index in [2.05, 4.69) is 26.1 Å². The number of ether oxygens (including phenoxy) is 1. The molecule has 1 heterocycles. The first-order valence-corrected chi connectivity index (χ1v) is 10.7. The highest BCUT2D eigenvalue weighted by Crippen LogP contribution is 2.31. The molecular weight excluding hydrogens is 390 g/mol. The Morgan fingerprint density at radius 1 is 1.03 bits per heavy atom. The Kier molecular flexibility index (Phi) is 6.41. The summed E-state index contributed by atoms with van der Waals surface area (Å²) in [5, 5.41) is 2.89. The maximum absolute atomic E-state index is 13.2. The minimum Gasteiger partial charge on any atom is -0.494 e. The largest absolute Gasteiger partial charge is 0.494 e. The smallest absolute Gasteiger partial charge is 0.326 e.